The fourth-order valence-electron chi connectivity index (χ4n) is 3.71. The van der Waals surface area contributed by atoms with Crippen molar-refractivity contribution < 1.29 is 9.18 Å². The van der Waals surface area contributed by atoms with Crippen molar-refractivity contribution in [3.05, 3.63) is 75.8 Å². The van der Waals surface area contributed by atoms with E-state index >= 15 is 0 Å². The summed E-state index contributed by atoms with van der Waals surface area (Å²) in [6.45, 7) is 9.65. The van der Waals surface area contributed by atoms with Crippen molar-refractivity contribution in [2.75, 3.05) is 31.5 Å². The predicted octanol–water partition coefficient (Wildman–Crippen LogP) is 4.74. The van der Waals surface area contributed by atoms with E-state index in [0.717, 1.165) is 42.5 Å². The first-order valence-corrected chi connectivity index (χ1v) is 11.1. The zero-order valence-corrected chi connectivity index (χ0v) is 19.0. The molecule has 0 atom stereocenters. The number of nitrogens with zero attached hydrogens (tertiary/aromatic N) is 2. The highest BCUT2D eigenvalue weighted by Gasteiger charge is 2.17. The van der Waals surface area contributed by atoms with E-state index < -0.39 is 0 Å². The number of amides is 2. The lowest BCUT2D eigenvalue weighted by molar-refractivity contribution is 0.202. The van der Waals surface area contributed by atoms with Crippen LogP contribution in [0.15, 0.2) is 53.3 Å². The van der Waals surface area contributed by atoms with Crippen LogP contribution < -0.4 is 10.9 Å². The minimum Gasteiger partial charge on any atom is -0.322 e. The number of urea groups is 1. The fourth-order valence-corrected chi connectivity index (χ4v) is 3.71. The topological polar surface area (TPSA) is 68.4 Å². The standard InChI is InChI=1S/C25H31FN4O2/c1-4-29(5-2)13-6-14-30(25(32)27-22-10-8-21(26)9-11-22)17-20-16-19-15-18(3)7-12-23(19)28-24(20)31/h7-12,15-16H,4-6,13-14,17H2,1-3H3,(H,27,32)(H,28,31). The summed E-state index contributed by atoms with van der Waals surface area (Å²) in [6.07, 6.45) is 0.781. The van der Waals surface area contributed by atoms with Crippen molar-refractivity contribution in [1.29, 1.82) is 0 Å². The Kier molecular flexibility index (Phi) is 8.00. The Bertz CT molecular complexity index is 1110. The highest BCUT2D eigenvalue weighted by atomic mass is 19.1. The largest absolute Gasteiger partial charge is 0.322 e. The van der Waals surface area contributed by atoms with E-state index in [0.29, 0.717) is 17.8 Å². The molecule has 2 aromatic carbocycles. The maximum absolute atomic E-state index is 13.2. The van der Waals surface area contributed by atoms with E-state index in [9.17, 15) is 14.0 Å². The van der Waals surface area contributed by atoms with Gasteiger partial charge in [0.25, 0.3) is 5.56 Å². The molecule has 0 aliphatic heterocycles. The number of pyridine rings is 1. The van der Waals surface area contributed by atoms with Gasteiger partial charge in [-0.2, -0.15) is 0 Å². The number of fused-ring (bicyclic) bond motifs is 1. The number of aromatic nitrogens is 1. The van der Waals surface area contributed by atoms with Gasteiger partial charge in [-0.05, 0) is 80.8 Å². The van der Waals surface area contributed by atoms with Gasteiger partial charge in [-0.1, -0.05) is 25.5 Å². The molecule has 170 valence electrons. The molecule has 1 aromatic heterocycles. The summed E-state index contributed by atoms with van der Waals surface area (Å²) in [6, 6.07) is 13.0. The van der Waals surface area contributed by atoms with Gasteiger partial charge >= 0.3 is 6.03 Å². The number of carbonyl (C=O) groups excluding carboxylic acids is 1. The number of H-pyrrole nitrogens is 1. The first-order valence-electron chi connectivity index (χ1n) is 11.1. The second kappa shape index (κ2) is 10.9. The van der Waals surface area contributed by atoms with Gasteiger partial charge in [-0.3, -0.25) is 4.79 Å². The van der Waals surface area contributed by atoms with Gasteiger partial charge in [0.1, 0.15) is 5.82 Å². The van der Waals surface area contributed by atoms with Crippen LogP contribution in [0.2, 0.25) is 0 Å². The SMILES string of the molecule is CCN(CC)CCCN(Cc1cc2cc(C)ccc2[nH]c1=O)C(=O)Nc1ccc(F)cc1. The normalized spacial score (nSPS) is 11.2. The molecule has 0 radical (unpaired) electrons. The number of halogens is 1. The van der Waals surface area contributed by atoms with Gasteiger partial charge in [0.05, 0.1) is 6.54 Å². The van der Waals surface area contributed by atoms with E-state index in [2.05, 4.69) is 29.0 Å². The maximum Gasteiger partial charge on any atom is 0.322 e. The first kappa shape index (κ1) is 23.5. The molecule has 1 heterocycles. The number of hydrogen-bond acceptors (Lipinski definition) is 3. The average molecular weight is 439 g/mol. The summed E-state index contributed by atoms with van der Waals surface area (Å²) in [4.78, 5) is 32.6. The molecule has 0 saturated heterocycles. The summed E-state index contributed by atoms with van der Waals surface area (Å²) < 4.78 is 13.2. The van der Waals surface area contributed by atoms with Crippen molar-refractivity contribution in [2.24, 2.45) is 0 Å². The van der Waals surface area contributed by atoms with Crippen LogP contribution in [0, 0.1) is 12.7 Å². The van der Waals surface area contributed by atoms with Crippen LogP contribution in [0.4, 0.5) is 14.9 Å². The van der Waals surface area contributed by atoms with Gasteiger partial charge in [-0.15, -0.1) is 0 Å². The summed E-state index contributed by atoms with van der Waals surface area (Å²) >= 11 is 0. The van der Waals surface area contributed by atoms with Gasteiger partial charge in [-0.25, -0.2) is 9.18 Å². The Hall–Kier alpha value is -3.19. The summed E-state index contributed by atoms with van der Waals surface area (Å²) in [5, 5.41) is 3.75. The van der Waals surface area contributed by atoms with Crippen molar-refractivity contribution in [3.63, 3.8) is 0 Å². The number of carbonyl (C=O) groups is 1. The molecule has 0 spiro atoms. The molecule has 3 aromatic rings. The van der Waals surface area contributed by atoms with Crippen molar-refractivity contribution in [1.82, 2.24) is 14.8 Å². The molecular formula is C25H31FN4O2. The number of aromatic amines is 1. The molecule has 6 nitrogen and oxygen atoms in total. The highest BCUT2D eigenvalue weighted by molar-refractivity contribution is 5.89. The van der Waals surface area contributed by atoms with Gasteiger partial charge in [0.15, 0.2) is 0 Å². The molecule has 2 N–H and O–H groups in total. The average Bonchev–Trinajstić information content (AvgIpc) is 2.78. The number of hydrogen-bond donors (Lipinski definition) is 2. The number of anilines is 1. The first-order chi connectivity index (χ1) is 15.4. The van der Waals surface area contributed by atoms with Crippen LogP contribution in [-0.4, -0.2) is 47.0 Å². The minimum atomic E-state index is -0.364. The van der Waals surface area contributed by atoms with Crippen LogP contribution in [0.25, 0.3) is 10.9 Å². The van der Waals surface area contributed by atoms with Gasteiger partial charge in [0.2, 0.25) is 0 Å². The van der Waals surface area contributed by atoms with E-state index in [1.165, 1.54) is 24.3 Å². The summed E-state index contributed by atoms with van der Waals surface area (Å²) in [5.74, 6) is -0.364. The third-order valence-corrected chi connectivity index (χ3v) is 5.62. The Balaban J connectivity index is 1.81. The molecular weight excluding hydrogens is 407 g/mol. The number of aryl methyl sites for hydroxylation is 1. The Labute approximate surface area is 188 Å². The summed E-state index contributed by atoms with van der Waals surface area (Å²) in [5.41, 5.74) is 2.70. The van der Waals surface area contributed by atoms with E-state index in [4.69, 9.17) is 0 Å². The van der Waals surface area contributed by atoms with Crippen LogP contribution in [-0.2, 0) is 6.54 Å². The zero-order valence-electron chi connectivity index (χ0n) is 19.0. The van der Waals surface area contributed by atoms with Crippen LogP contribution in [0.1, 0.15) is 31.4 Å². The Morgan fingerprint density at radius 1 is 1.03 bits per heavy atom. The number of benzene rings is 2. The van der Waals surface area contributed by atoms with Crippen molar-refractivity contribution in [3.8, 4) is 0 Å². The van der Waals surface area contributed by atoms with Crippen molar-refractivity contribution >= 4 is 22.6 Å². The molecule has 0 saturated carbocycles. The zero-order chi connectivity index (χ0) is 23.1. The molecule has 32 heavy (non-hydrogen) atoms. The van der Waals surface area contributed by atoms with Crippen LogP contribution >= 0.6 is 0 Å². The lowest BCUT2D eigenvalue weighted by Gasteiger charge is -2.25. The lowest BCUT2D eigenvalue weighted by atomic mass is 10.1. The molecule has 7 heteroatoms. The predicted molar refractivity (Wildman–Crippen MR) is 128 cm³/mol. The molecule has 0 bridgehead atoms. The molecule has 3 rings (SSSR count). The highest BCUT2D eigenvalue weighted by Crippen LogP contribution is 2.15. The maximum atomic E-state index is 13.2. The third-order valence-electron chi connectivity index (χ3n) is 5.62. The van der Waals surface area contributed by atoms with E-state index in [-0.39, 0.29) is 24.0 Å². The smallest absolute Gasteiger partial charge is 0.322 e. The monoisotopic (exact) mass is 438 g/mol. The Morgan fingerprint density at radius 2 is 1.75 bits per heavy atom. The second-order valence-electron chi connectivity index (χ2n) is 7.95. The number of rotatable bonds is 9. The Morgan fingerprint density at radius 3 is 2.44 bits per heavy atom. The number of nitrogens with one attached hydrogen (secondary N) is 2. The minimum absolute atomic E-state index is 0.185. The summed E-state index contributed by atoms with van der Waals surface area (Å²) in [7, 11) is 0. The lowest BCUT2D eigenvalue weighted by Crippen LogP contribution is -2.38. The molecule has 0 aliphatic carbocycles. The van der Waals surface area contributed by atoms with Gasteiger partial charge < -0.3 is 20.1 Å². The van der Waals surface area contributed by atoms with E-state index in [1.807, 2.05) is 31.2 Å². The van der Waals surface area contributed by atoms with Crippen molar-refractivity contribution in [2.45, 2.75) is 33.7 Å². The van der Waals surface area contributed by atoms with E-state index in [1.54, 1.807) is 4.90 Å². The van der Waals surface area contributed by atoms with Crippen LogP contribution in [0.3, 0.4) is 0 Å². The molecule has 0 fully saturated rings. The third kappa shape index (κ3) is 6.17. The molecule has 2 amide bonds. The second-order valence-corrected chi connectivity index (χ2v) is 7.95. The quantitative estimate of drug-likeness (QED) is 0.507. The molecule has 0 aliphatic rings. The molecule has 0 unspecified atom stereocenters. The fraction of sp³-hybridized carbons (Fsp3) is 0.360. The van der Waals surface area contributed by atoms with Gasteiger partial charge in [0, 0.05) is 23.3 Å². The van der Waals surface area contributed by atoms with Crippen LogP contribution in [0.5, 0.6) is 0 Å².